The number of amides is 1. The molecule has 0 aliphatic carbocycles. The Morgan fingerprint density at radius 3 is 2.90 bits per heavy atom. The second-order valence-corrected chi connectivity index (χ2v) is 5.97. The van der Waals surface area contributed by atoms with Crippen molar-refractivity contribution in [2.24, 2.45) is 5.92 Å². The number of nitrogens with zero attached hydrogens (tertiary/aromatic N) is 3. The Morgan fingerprint density at radius 2 is 2.15 bits per heavy atom. The zero-order chi connectivity index (χ0) is 14.5. The van der Waals surface area contributed by atoms with E-state index in [0.717, 1.165) is 37.5 Å². The van der Waals surface area contributed by atoms with Gasteiger partial charge in [0.2, 0.25) is 5.91 Å². The molecule has 0 bridgehead atoms. The fourth-order valence-electron chi connectivity index (χ4n) is 2.93. The fourth-order valence-corrected chi connectivity index (χ4v) is 2.93. The first-order chi connectivity index (χ1) is 9.61. The number of aryl methyl sites for hydroxylation is 1. The Hall–Kier alpha value is -1.39. The average molecular weight is 278 g/mol. The zero-order valence-electron chi connectivity index (χ0n) is 12.9. The predicted molar refractivity (Wildman–Crippen MR) is 78.2 cm³/mol. The molecule has 0 saturated heterocycles. The molecule has 2 heterocycles. The normalized spacial score (nSPS) is 17.4. The molecule has 2 rings (SSSR count). The van der Waals surface area contributed by atoms with Gasteiger partial charge in [-0.25, -0.2) is 0 Å². The molecule has 1 aliphatic heterocycles. The molecule has 0 fully saturated rings. The minimum absolute atomic E-state index is 0.0596. The Kier molecular flexibility index (Phi) is 5.15. The van der Waals surface area contributed by atoms with Gasteiger partial charge in [0.15, 0.2) is 5.82 Å². The summed E-state index contributed by atoms with van der Waals surface area (Å²) >= 11 is 0. The van der Waals surface area contributed by atoms with E-state index < -0.39 is 0 Å². The number of aromatic nitrogens is 3. The third-order valence-corrected chi connectivity index (χ3v) is 3.97. The van der Waals surface area contributed by atoms with Crippen LogP contribution in [0, 0.1) is 5.92 Å². The van der Waals surface area contributed by atoms with Crippen molar-refractivity contribution in [1.82, 2.24) is 20.1 Å². The van der Waals surface area contributed by atoms with Gasteiger partial charge in [-0.05, 0) is 25.7 Å². The van der Waals surface area contributed by atoms with Crippen LogP contribution in [0.1, 0.15) is 70.6 Å². The van der Waals surface area contributed by atoms with Crippen molar-refractivity contribution in [2.45, 2.75) is 71.9 Å². The summed E-state index contributed by atoms with van der Waals surface area (Å²) in [6, 6.07) is -0.0596. The summed E-state index contributed by atoms with van der Waals surface area (Å²) in [5, 5.41) is 11.6. The Morgan fingerprint density at radius 1 is 1.35 bits per heavy atom. The van der Waals surface area contributed by atoms with Crippen molar-refractivity contribution in [3.05, 3.63) is 11.6 Å². The maximum atomic E-state index is 12.0. The topological polar surface area (TPSA) is 59.8 Å². The third-order valence-electron chi connectivity index (χ3n) is 3.97. The van der Waals surface area contributed by atoms with Gasteiger partial charge in [0.1, 0.15) is 5.82 Å². The lowest BCUT2D eigenvalue weighted by atomic mass is 10.0. The Labute approximate surface area is 121 Å². The van der Waals surface area contributed by atoms with Crippen molar-refractivity contribution in [3.63, 3.8) is 0 Å². The van der Waals surface area contributed by atoms with Gasteiger partial charge in [-0.15, -0.1) is 10.2 Å². The van der Waals surface area contributed by atoms with Crippen LogP contribution in [0.2, 0.25) is 0 Å². The molecule has 1 aromatic heterocycles. The summed E-state index contributed by atoms with van der Waals surface area (Å²) < 4.78 is 2.17. The van der Waals surface area contributed by atoms with Gasteiger partial charge in [0.25, 0.3) is 0 Å². The molecular formula is C15H26N4O. The van der Waals surface area contributed by atoms with Gasteiger partial charge in [-0.2, -0.15) is 0 Å². The van der Waals surface area contributed by atoms with Crippen LogP contribution in [0.4, 0.5) is 0 Å². The quantitative estimate of drug-likeness (QED) is 0.870. The number of hydrogen-bond acceptors (Lipinski definition) is 3. The van der Waals surface area contributed by atoms with Gasteiger partial charge in [-0.1, -0.05) is 26.7 Å². The molecule has 1 aliphatic rings. The molecule has 1 aromatic rings. The number of hydrogen-bond donors (Lipinski definition) is 1. The SMILES string of the molecule is CCC[C@@H](C)CC(=O)N[C@H](C)c1nnc2n1CCCC2. The molecule has 2 atom stereocenters. The maximum absolute atomic E-state index is 12.0. The van der Waals surface area contributed by atoms with Gasteiger partial charge in [0, 0.05) is 19.4 Å². The summed E-state index contributed by atoms with van der Waals surface area (Å²) in [4.78, 5) is 12.0. The van der Waals surface area contributed by atoms with E-state index in [-0.39, 0.29) is 11.9 Å². The monoisotopic (exact) mass is 278 g/mol. The second-order valence-electron chi connectivity index (χ2n) is 5.97. The first-order valence-corrected chi connectivity index (χ1v) is 7.83. The number of carbonyl (C=O) groups is 1. The molecule has 0 aromatic carbocycles. The summed E-state index contributed by atoms with van der Waals surface area (Å²) in [6.45, 7) is 7.25. The lowest BCUT2D eigenvalue weighted by Crippen LogP contribution is -2.30. The standard InChI is InChI=1S/C15H26N4O/c1-4-7-11(2)10-14(20)16-12(3)15-18-17-13-8-5-6-9-19(13)15/h11-12H,4-10H2,1-3H3,(H,16,20)/t11-,12-/m1/s1. The number of nitrogens with one attached hydrogen (secondary N) is 1. The summed E-state index contributed by atoms with van der Waals surface area (Å²) in [7, 11) is 0. The molecule has 20 heavy (non-hydrogen) atoms. The second kappa shape index (κ2) is 6.86. The summed E-state index contributed by atoms with van der Waals surface area (Å²) in [5.74, 6) is 2.52. The van der Waals surface area contributed by atoms with Crippen LogP contribution in [-0.4, -0.2) is 20.7 Å². The Balaban J connectivity index is 1.93. The van der Waals surface area contributed by atoms with Crippen LogP contribution < -0.4 is 5.32 Å². The van der Waals surface area contributed by atoms with Crippen molar-refractivity contribution in [3.8, 4) is 0 Å². The Bertz CT molecular complexity index is 455. The minimum atomic E-state index is -0.0596. The van der Waals surface area contributed by atoms with Gasteiger partial charge in [-0.3, -0.25) is 4.79 Å². The van der Waals surface area contributed by atoms with E-state index in [1.54, 1.807) is 0 Å². The highest BCUT2D eigenvalue weighted by Crippen LogP contribution is 2.19. The molecule has 0 radical (unpaired) electrons. The fraction of sp³-hybridized carbons (Fsp3) is 0.800. The van der Waals surface area contributed by atoms with Crippen LogP contribution in [0.15, 0.2) is 0 Å². The third kappa shape index (κ3) is 3.58. The van der Waals surface area contributed by atoms with E-state index in [4.69, 9.17) is 0 Å². The highest BCUT2D eigenvalue weighted by molar-refractivity contribution is 5.76. The molecule has 1 N–H and O–H groups in total. The molecule has 0 saturated carbocycles. The van der Waals surface area contributed by atoms with E-state index in [1.165, 1.54) is 12.8 Å². The highest BCUT2D eigenvalue weighted by atomic mass is 16.1. The molecule has 5 nitrogen and oxygen atoms in total. The largest absolute Gasteiger partial charge is 0.346 e. The van der Waals surface area contributed by atoms with Crippen LogP contribution in [0.25, 0.3) is 0 Å². The molecule has 1 amide bonds. The number of fused-ring (bicyclic) bond motifs is 1. The van der Waals surface area contributed by atoms with E-state index >= 15 is 0 Å². The van der Waals surface area contributed by atoms with Crippen LogP contribution in [0.3, 0.4) is 0 Å². The highest BCUT2D eigenvalue weighted by Gasteiger charge is 2.21. The van der Waals surface area contributed by atoms with Gasteiger partial charge < -0.3 is 9.88 Å². The molecule has 5 heteroatoms. The van der Waals surface area contributed by atoms with Gasteiger partial charge in [0.05, 0.1) is 6.04 Å². The van der Waals surface area contributed by atoms with E-state index in [0.29, 0.717) is 12.3 Å². The van der Waals surface area contributed by atoms with E-state index in [2.05, 4.69) is 33.9 Å². The van der Waals surface area contributed by atoms with Crippen LogP contribution in [0.5, 0.6) is 0 Å². The maximum Gasteiger partial charge on any atom is 0.220 e. The van der Waals surface area contributed by atoms with E-state index in [1.807, 2.05) is 6.92 Å². The number of carbonyl (C=O) groups excluding carboxylic acids is 1. The zero-order valence-corrected chi connectivity index (χ0v) is 12.9. The molecule has 0 spiro atoms. The van der Waals surface area contributed by atoms with Crippen LogP contribution in [-0.2, 0) is 17.8 Å². The summed E-state index contributed by atoms with van der Waals surface area (Å²) in [6.07, 6.45) is 6.18. The molecule has 0 unspecified atom stereocenters. The minimum Gasteiger partial charge on any atom is -0.346 e. The van der Waals surface area contributed by atoms with Crippen molar-refractivity contribution in [1.29, 1.82) is 0 Å². The molecular weight excluding hydrogens is 252 g/mol. The van der Waals surface area contributed by atoms with Gasteiger partial charge >= 0.3 is 0 Å². The predicted octanol–water partition coefficient (Wildman–Crippen LogP) is 2.62. The van der Waals surface area contributed by atoms with Crippen molar-refractivity contribution >= 4 is 5.91 Å². The van der Waals surface area contributed by atoms with Crippen molar-refractivity contribution in [2.75, 3.05) is 0 Å². The first kappa shape index (κ1) is 15.0. The summed E-state index contributed by atoms with van der Waals surface area (Å²) in [5.41, 5.74) is 0. The smallest absolute Gasteiger partial charge is 0.220 e. The lowest BCUT2D eigenvalue weighted by Gasteiger charge is -2.19. The van der Waals surface area contributed by atoms with Crippen molar-refractivity contribution < 1.29 is 4.79 Å². The number of rotatable bonds is 6. The lowest BCUT2D eigenvalue weighted by molar-refractivity contribution is -0.122. The van der Waals surface area contributed by atoms with Crippen LogP contribution >= 0.6 is 0 Å². The van der Waals surface area contributed by atoms with E-state index in [9.17, 15) is 4.79 Å². The molecule has 112 valence electrons. The average Bonchev–Trinajstić information content (AvgIpc) is 2.82. The first-order valence-electron chi connectivity index (χ1n) is 7.83.